The highest BCUT2D eigenvalue weighted by Gasteiger charge is 2.04. The van der Waals surface area contributed by atoms with Gasteiger partial charge in [-0.3, -0.25) is 14.6 Å². The quantitative estimate of drug-likeness (QED) is 0.564. The smallest absolute Gasteiger partial charge is 0.229 e. The zero-order valence-electron chi connectivity index (χ0n) is 11.5. The third-order valence-electron chi connectivity index (χ3n) is 2.92. The van der Waals surface area contributed by atoms with Gasteiger partial charge < -0.3 is 10.6 Å². The van der Waals surface area contributed by atoms with Crippen LogP contribution in [0.4, 0.5) is 5.69 Å². The Bertz CT molecular complexity index is 646. The SMILES string of the molecule is O=C(CS)NCCCC(=O)Nc1cnc2ccccc2c1. The number of amides is 2. The Hall–Kier alpha value is -2.08. The number of carbonyl (C=O) groups is 2. The molecule has 2 rings (SSSR count). The van der Waals surface area contributed by atoms with Gasteiger partial charge in [0.05, 0.1) is 23.2 Å². The molecule has 1 aromatic carbocycles. The van der Waals surface area contributed by atoms with Gasteiger partial charge in [0.15, 0.2) is 0 Å². The fraction of sp³-hybridized carbons (Fsp3) is 0.267. The predicted octanol–water partition coefficient (Wildman–Crippen LogP) is 2.00. The number of benzene rings is 1. The second kappa shape index (κ2) is 7.64. The molecule has 5 nitrogen and oxygen atoms in total. The third-order valence-corrected chi connectivity index (χ3v) is 3.21. The van der Waals surface area contributed by atoms with Crippen LogP contribution in [-0.2, 0) is 9.59 Å². The predicted molar refractivity (Wildman–Crippen MR) is 86.5 cm³/mol. The van der Waals surface area contributed by atoms with Gasteiger partial charge >= 0.3 is 0 Å². The summed E-state index contributed by atoms with van der Waals surface area (Å²) in [6, 6.07) is 9.62. The lowest BCUT2D eigenvalue weighted by Crippen LogP contribution is -2.26. The van der Waals surface area contributed by atoms with Crippen LogP contribution in [0.5, 0.6) is 0 Å². The number of pyridine rings is 1. The molecular formula is C15H17N3O2S. The number of para-hydroxylation sites is 1. The molecule has 0 aliphatic heterocycles. The van der Waals surface area contributed by atoms with E-state index >= 15 is 0 Å². The monoisotopic (exact) mass is 303 g/mol. The Labute approximate surface area is 128 Å². The Morgan fingerprint density at radius 2 is 2.00 bits per heavy atom. The van der Waals surface area contributed by atoms with Crippen molar-refractivity contribution in [3.8, 4) is 0 Å². The van der Waals surface area contributed by atoms with Crippen molar-refractivity contribution in [2.75, 3.05) is 17.6 Å². The third kappa shape index (κ3) is 4.75. The van der Waals surface area contributed by atoms with Crippen molar-refractivity contribution in [2.24, 2.45) is 0 Å². The van der Waals surface area contributed by atoms with E-state index in [1.807, 2.05) is 30.3 Å². The second-order valence-electron chi connectivity index (χ2n) is 4.58. The number of fused-ring (bicyclic) bond motifs is 1. The van der Waals surface area contributed by atoms with Crippen LogP contribution in [0.3, 0.4) is 0 Å². The molecule has 0 aliphatic carbocycles. The van der Waals surface area contributed by atoms with Crippen LogP contribution in [0.1, 0.15) is 12.8 Å². The molecule has 2 aromatic rings. The van der Waals surface area contributed by atoms with E-state index in [1.54, 1.807) is 6.20 Å². The van der Waals surface area contributed by atoms with Crippen LogP contribution in [0.15, 0.2) is 36.5 Å². The molecule has 0 fully saturated rings. The molecule has 0 unspecified atom stereocenters. The van der Waals surface area contributed by atoms with E-state index in [4.69, 9.17) is 0 Å². The van der Waals surface area contributed by atoms with Gasteiger partial charge in [-0.1, -0.05) is 18.2 Å². The number of rotatable bonds is 6. The van der Waals surface area contributed by atoms with Gasteiger partial charge in [0, 0.05) is 18.4 Å². The molecule has 0 saturated heterocycles. The molecule has 2 amide bonds. The largest absolute Gasteiger partial charge is 0.355 e. The summed E-state index contributed by atoms with van der Waals surface area (Å²) in [5, 5.41) is 6.46. The number of carbonyl (C=O) groups excluding carboxylic acids is 2. The highest BCUT2D eigenvalue weighted by molar-refractivity contribution is 7.81. The summed E-state index contributed by atoms with van der Waals surface area (Å²) in [6.45, 7) is 0.475. The van der Waals surface area contributed by atoms with Crippen LogP contribution in [0.25, 0.3) is 10.9 Å². The van der Waals surface area contributed by atoms with Gasteiger partial charge in [0.1, 0.15) is 0 Å². The van der Waals surface area contributed by atoms with Crippen molar-refractivity contribution in [2.45, 2.75) is 12.8 Å². The van der Waals surface area contributed by atoms with E-state index in [0.29, 0.717) is 25.1 Å². The fourth-order valence-electron chi connectivity index (χ4n) is 1.90. The lowest BCUT2D eigenvalue weighted by atomic mass is 10.2. The zero-order valence-corrected chi connectivity index (χ0v) is 12.4. The van der Waals surface area contributed by atoms with E-state index in [2.05, 4.69) is 28.2 Å². The van der Waals surface area contributed by atoms with E-state index in [1.165, 1.54) is 0 Å². The molecule has 0 spiro atoms. The Balaban J connectivity index is 1.82. The minimum atomic E-state index is -0.127. The lowest BCUT2D eigenvalue weighted by Gasteiger charge is -2.06. The first-order valence-corrected chi connectivity index (χ1v) is 7.34. The van der Waals surface area contributed by atoms with Gasteiger partial charge in [0.25, 0.3) is 0 Å². The van der Waals surface area contributed by atoms with Crippen molar-refractivity contribution in [3.05, 3.63) is 36.5 Å². The molecule has 110 valence electrons. The number of nitrogens with one attached hydrogen (secondary N) is 2. The Morgan fingerprint density at radius 1 is 1.19 bits per heavy atom. The lowest BCUT2D eigenvalue weighted by molar-refractivity contribution is -0.119. The van der Waals surface area contributed by atoms with Crippen LogP contribution in [-0.4, -0.2) is 29.1 Å². The maximum atomic E-state index is 11.8. The molecule has 1 aromatic heterocycles. The fourth-order valence-corrected chi connectivity index (χ4v) is 2.01. The second-order valence-corrected chi connectivity index (χ2v) is 4.89. The molecule has 0 atom stereocenters. The van der Waals surface area contributed by atoms with Crippen molar-refractivity contribution < 1.29 is 9.59 Å². The summed E-state index contributed by atoms with van der Waals surface area (Å²) in [5.41, 5.74) is 1.57. The van der Waals surface area contributed by atoms with Crippen LogP contribution >= 0.6 is 12.6 Å². The standard InChI is InChI=1S/C15H17N3O2S/c19-14(6-3-7-16-15(20)10-21)18-12-8-11-4-1-2-5-13(11)17-9-12/h1-2,4-5,8-9,21H,3,6-7,10H2,(H,16,20)(H,18,19). The zero-order chi connectivity index (χ0) is 15.1. The topological polar surface area (TPSA) is 71.1 Å². The van der Waals surface area contributed by atoms with Gasteiger partial charge in [-0.25, -0.2) is 0 Å². The number of aromatic nitrogens is 1. The molecule has 21 heavy (non-hydrogen) atoms. The number of thiol groups is 1. The number of nitrogens with zero attached hydrogens (tertiary/aromatic N) is 1. The molecule has 0 aliphatic rings. The Morgan fingerprint density at radius 3 is 2.81 bits per heavy atom. The maximum absolute atomic E-state index is 11.8. The van der Waals surface area contributed by atoms with Crippen LogP contribution < -0.4 is 10.6 Å². The average Bonchev–Trinajstić information content (AvgIpc) is 2.51. The maximum Gasteiger partial charge on any atom is 0.229 e. The van der Waals surface area contributed by atoms with Gasteiger partial charge in [-0.2, -0.15) is 12.6 Å². The van der Waals surface area contributed by atoms with Gasteiger partial charge in [-0.05, 0) is 18.6 Å². The van der Waals surface area contributed by atoms with Gasteiger partial charge in [-0.15, -0.1) is 0 Å². The minimum Gasteiger partial charge on any atom is -0.355 e. The summed E-state index contributed by atoms with van der Waals surface area (Å²) in [7, 11) is 0. The summed E-state index contributed by atoms with van der Waals surface area (Å²) < 4.78 is 0. The summed E-state index contributed by atoms with van der Waals surface area (Å²) in [5.74, 6) is -0.0562. The van der Waals surface area contributed by atoms with E-state index < -0.39 is 0 Å². The molecule has 2 N–H and O–H groups in total. The van der Waals surface area contributed by atoms with Crippen molar-refractivity contribution in [1.29, 1.82) is 0 Å². The minimum absolute atomic E-state index is 0.0906. The van der Waals surface area contributed by atoms with Crippen molar-refractivity contribution in [1.82, 2.24) is 10.3 Å². The molecular weight excluding hydrogens is 286 g/mol. The number of hydrogen-bond acceptors (Lipinski definition) is 4. The van der Waals surface area contributed by atoms with Crippen LogP contribution in [0, 0.1) is 0 Å². The van der Waals surface area contributed by atoms with E-state index in [9.17, 15) is 9.59 Å². The molecule has 1 heterocycles. The normalized spacial score (nSPS) is 10.3. The van der Waals surface area contributed by atoms with Crippen LogP contribution in [0.2, 0.25) is 0 Å². The molecule has 0 radical (unpaired) electrons. The van der Waals surface area contributed by atoms with E-state index in [-0.39, 0.29) is 17.6 Å². The first-order chi connectivity index (χ1) is 10.2. The Kier molecular flexibility index (Phi) is 5.57. The number of anilines is 1. The molecule has 0 bridgehead atoms. The summed E-state index contributed by atoms with van der Waals surface area (Å²) >= 11 is 3.86. The van der Waals surface area contributed by atoms with Gasteiger partial charge in [0.2, 0.25) is 11.8 Å². The van der Waals surface area contributed by atoms with Crippen molar-refractivity contribution in [3.63, 3.8) is 0 Å². The summed E-state index contributed by atoms with van der Waals surface area (Å²) in [4.78, 5) is 27.1. The average molecular weight is 303 g/mol. The molecule has 0 saturated carbocycles. The summed E-state index contributed by atoms with van der Waals surface area (Å²) in [6.07, 6.45) is 2.58. The number of hydrogen-bond donors (Lipinski definition) is 3. The first kappa shape index (κ1) is 15.3. The molecule has 6 heteroatoms. The van der Waals surface area contributed by atoms with Crippen molar-refractivity contribution >= 4 is 41.0 Å². The van der Waals surface area contributed by atoms with E-state index in [0.717, 1.165) is 10.9 Å². The first-order valence-electron chi connectivity index (χ1n) is 6.71. The highest BCUT2D eigenvalue weighted by Crippen LogP contribution is 2.16. The highest BCUT2D eigenvalue weighted by atomic mass is 32.1.